The number of aromatic amines is 1. The first-order chi connectivity index (χ1) is 16.5. The fourth-order valence-corrected chi connectivity index (χ4v) is 4.61. The van der Waals surface area contributed by atoms with Gasteiger partial charge in [-0.2, -0.15) is 0 Å². The van der Waals surface area contributed by atoms with Crippen molar-refractivity contribution in [3.63, 3.8) is 0 Å². The Kier molecular flexibility index (Phi) is 6.15. The zero-order valence-corrected chi connectivity index (χ0v) is 19.8. The van der Waals surface area contributed by atoms with Crippen LogP contribution in [0.25, 0.3) is 10.9 Å². The monoisotopic (exact) mass is 460 g/mol. The van der Waals surface area contributed by atoms with Crippen molar-refractivity contribution in [3.8, 4) is 5.88 Å². The lowest BCUT2D eigenvalue weighted by Gasteiger charge is -2.34. The summed E-state index contributed by atoms with van der Waals surface area (Å²) in [5.41, 5.74) is 5.27. The highest BCUT2D eigenvalue weighted by Crippen LogP contribution is 2.33. The molecule has 3 heterocycles. The van der Waals surface area contributed by atoms with Crippen LogP contribution in [0, 0.1) is 0 Å². The Morgan fingerprint density at radius 3 is 2.76 bits per heavy atom. The van der Waals surface area contributed by atoms with Gasteiger partial charge in [-0.15, -0.1) is 0 Å². The minimum Gasteiger partial charge on any atom is -0.494 e. The number of rotatable bonds is 6. The molecule has 2 aliphatic heterocycles. The molecule has 0 spiro atoms. The summed E-state index contributed by atoms with van der Waals surface area (Å²) >= 11 is 0. The first kappa shape index (κ1) is 22.3. The highest BCUT2D eigenvalue weighted by molar-refractivity contribution is 6.19. The number of piperazine rings is 1. The van der Waals surface area contributed by atoms with Crippen LogP contribution < -0.4 is 15.5 Å². The lowest BCUT2D eigenvalue weighted by Crippen LogP contribution is -2.44. The maximum absolute atomic E-state index is 12.4. The molecule has 178 valence electrons. The van der Waals surface area contributed by atoms with E-state index in [9.17, 15) is 9.90 Å². The fourth-order valence-electron chi connectivity index (χ4n) is 4.61. The van der Waals surface area contributed by atoms with Gasteiger partial charge < -0.3 is 30.5 Å². The second-order valence-electron chi connectivity index (χ2n) is 9.14. The Bertz CT molecular complexity index is 1240. The predicted molar refractivity (Wildman–Crippen MR) is 137 cm³/mol. The smallest absolute Gasteiger partial charge is 0.251 e. The molecule has 0 aliphatic carbocycles. The number of likely N-dealkylation sites (N-methyl/N-ethyl adjacent to an activating group) is 1. The molecule has 0 atom stereocenters. The van der Waals surface area contributed by atoms with E-state index in [1.807, 2.05) is 6.07 Å². The van der Waals surface area contributed by atoms with Crippen molar-refractivity contribution >= 4 is 34.0 Å². The number of hydrogen-bond donors (Lipinski definition) is 4. The number of H-pyrrole nitrogens is 1. The van der Waals surface area contributed by atoms with E-state index in [1.54, 1.807) is 12.1 Å². The second-order valence-corrected chi connectivity index (χ2v) is 9.14. The fraction of sp³-hybridized carbons (Fsp3) is 0.385. The van der Waals surface area contributed by atoms with Gasteiger partial charge in [-0.05, 0) is 49.4 Å². The largest absolute Gasteiger partial charge is 0.494 e. The van der Waals surface area contributed by atoms with Crippen LogP contribution in [0.1, 0.15) is 41.3 Å². The molecule has 1 aromatic heterocycles. The lowest BCUT2D eigenvalue weighted by molar-refractivity contribution is 0.0953. The van der Waals surface area contributed by atoms with Crippen LogP contribution in [-0.2, 0) is 6.54 Å². The van der Waals surface area contributed by atoms with Crippen LogP contribution in [0.3, 0.4) is 0 Å². The average molecular weight is 461 g/mol. The molecule has 3 aromatic rings. The van der Waals surface area contributed by atoms with Gasteiger partial charge in [-0.1, -0.05) is 19.4 Å². The van der Waals surface area contributed by atoms with Gasteiger partial charge >= 0.3 is 0 Å². The molecule has 4 N–H and O–H groups in total. The number of hydrogen-bond acceptors (Lipinski definition) is 6. The standard InChI is InChI=1S/C26H32N6O2/c1-3-4-9-27-25(33)17-5-7-20-22(15-17)30-26(34)23(20)24-28-16-18-14-19(6-8-21(18)29-24)32-12-10-31(2)11-13-32/h5-8,14-15,30,34H,3-4,9-13,16H2,1-2H3,(H,27,33)(H,28,29). The van der Waals surface area contributed by atoms with Crippen LogP contribution in [0.15, 0.2) is 41.4 Å². The molecular formula is C26H32N6O2. The molecule has 0 radical (unpaired) electrons. The molecule has 1 fully saturated rings. The van der Waals surface area contributed by atoms with Gasteiger partial charge in [0, 0.05) is 60.6 Å². The molecule has 1 amide bonds. The average Bonchev–Trinajstić information content (AvgIpc) is 3.18. The minimum atomic E-state index is -0.107. The van der Waals surface area contributed by atoms with Crippen LogP contribution >= 0.6 is 0 Å². The highest BCUT2D eigenvalue weighted by atomic mass is 16.3. The Labute approximate surface area is 199 Å². The van der Waals surface area contributed by atoms with Crippen molar-refractivity contribution in [3.05, 3.63) is 53.1 Å². The summed E-state index contributed by atoms with van der Waals surface area (Å²) in [5.74, 6) is 0.565. The highest BCUT2D eigenvalue weighted by Gasteiger charge is 2.22. The van der Waals surface area contributed by atoms with Crippen molar-refractivity contribution in [2.24, 2.45) is 4.99 Å². The van der Waals surface area contributed by atoms with Gasteiger partial charge in [0.1, 0.15) is 5.84 Å². The number of aromatic hydroxyl groups is 1. The number of carbonyl (C=O) groups is 1. The summed E-state index contributed by atoms with van der Waals surface area (Å²) in [7, 11) is 2.16. The van der Waals surface area contributed by atoms with E-state index in [2.05, 4.69) is 57.6 Å². The van der Waals surface area contributed by atoms with Crippen LogP contribution in [-0.4, -0.2) is 66.5 Å². The number of amides is 1. The van der Waals surface area contributed by atoms with Gasteiger partial charge in [0.05, 0.1) is 12.1 Å². The molecular weight excluding hydrogens is 428 g/mol. The van der Waals surface area contributed by atoms with Crippen molar-refractivity contribution < 1.29 is 9.90 Å². The molecule has 1 saturated heterocycles. The van der Waals surface area contributed by atoms with E-state index in [-0.39, 0.29) is 11.8 Å². The van der Waals surface area contributed by atoms with Gasteiger partial charge in [-0.3, -0.25) is 9.79 Å². The zero-order valence-electron chi connectivity index (χ0n) is 19.8. The number of nitrogens with zero attached hydrogens (tertiary/aromatic N) is 3. The molecule has 2 aliphatic rings. The zero-order chi connectivity index (χ0) is 23.7. The Morgan fingerprint density at radius 1 is 1.15 bits per heavy atom. The van der Waals surface area contributed by atoms with Crippen molar-refractivity contribution in [2.75, 3.05) is 50.0 Å². The van der Waals surface area contributed by atoms with E-state index < -0.39 is 0 Å². The number of anilines is 2. The van der Waals surface area contributed by atoms with Gasteiger partial charge in [0.15, 0.2) is 0 Å². The summed E-state index contributed by atoms with van der Waals surface area (Å²) in [4.78, 5) is 24.9. The molecule has 0 bridgehead atoms. The number of fused-ring (bicyclic) bond motifs is 2. The topological polar surface area (TPSA) is 96.0 Å². The summed E-state index contributed by atoms with van der Waals surface area (Å²) in [6.45, 7) is 7.49. The van der Waals surface area contributed by atoms with Gasteiger partial charge in [-0.25, -0.2) is 0 Å². The van der Waals surface area contributed by atoms with Crippen LogP contribution in [0.5, 0.6) is 5.88 Å². The Balaban J connectivity index is 1.36. The quantitative estimate of drug-likeness (QED) is 0.422. The van der Waals surface area contributed by atoms with E-state index in [0.717, 1.165) is 55.7 Å². The number of aromatic nitrogens is 1. The Morgan fingerprint density at radius 2 is 1.97 bits per heavy atom. The first-order valence-corrected chi connectivity index (χ1v) is 12.0. The summed E-state index contributed by atoms with van der Waals surface area (Å²) in [5, 5.41) is 17.8. The maximum Gasteiger partial charge on any atom is 0.251 e. The summed E-state index contributed by atoms with van der Waals surface area (Å²) in [6, 6.07) is 11.9. The van der Waals surface area contributed by atoms with Crippen molar-refractivity contribution in [1.82, 2.24) is 15.2 Å². The second kappa shape index (κ2) is 9.38. The lowest BCUT2D eigenvalue weighted by atomic mass is 10.1. The normalized spacial score (nSPS) is 16.2. The molecule has 34 heavy (non-hydrogen) atoms. The minimum absolute atomic E-state index is 0.0438. The van der Waals surface area contributed by atoms with E-state index in [4.69, 9.17) is 4.99 Å². The molecule has 0 saturated carbocycles. The summed E-state index contributed by atoms with van der Waals surface area (Å²) < 4.78 is 0. The predicted octanol–water partition coefficient (Wildman–Crippen LogP) is 3.53. The number of carbonyl (C=O) groups excluding carboxylic acids is 1. The van der Waals surface area contributed by atoms with Gasteiger partial charge in [0.25, 0.3) is 5.91 Å². The SMILES string of the molecule is CCCCNC(=O)c1ccc2c(C3=NCc4cc(N5CCN(C)CC5)ccc4N3)c(O)[nH]c2c1. The molecule has 0 unspecified atom stereocenters. The van der Waals surface area contributed by atoms with Gasteiger partial charge in [0.2, 0.25) is 5.88 Å². The van der Waals surface area contributed by atoms with E-state index in [0.29, 0.717) is 35.6 Å². The van der Waals surface area contributed by atoms with Crippen molar-refractivity contribution in [2.45, 2.75) is 26.3 Å². The van der Waals surface area contributed by atoms with Crippen LogP contribution in [0.2, 0.25) is 0 Å². The number of nitrogens with one attached hydrogen (secondary N) is 3. The number of amidine groups is 1. The van der Waals surface area contributed by atoms with E-state index >= 15 is 0 Å². The molecule has 8 heteroatoms. The molecule has 5 rings (SSSR count). The molecule has 8 nitrogen and oxygen atoms in total. The number of aliphatic imine (C=N–C) groups is 1. The third kappa shape index (κ3) is 4.33. The summed E-state index contributed by atoms with van der Waals surface area (Å²) in [6.07, 6.45) is 1.98. The third-order valence-electron chi connectivity index (χ3n) is 6.71. The molecule has 2 aromatic carbocycles. The Hall–Kier alpha value is -3.52. The third-order valence-corrected chi connectivity index (χ3v) is 6.71. The number of benzene rings is 2. The van der Waals surface area contributed by atoms with E-state index in [1.165, 1.54) is 5.69 Å². The number of unbranched alkanes of at least 4 members (excludes halogenated alkanes) is 1. The maximum atomic E-state index is 12.4. The van der Waals surface area contributed by atoms with Crippen molar-refractivity contribution in [1.29, 1.82) is 0 Å². The van der Waals surface area contributed by atoms with Crippen LogP contribution in [0.4, 0.5) is 11.4 Å². The first-order valence-electron chi connectivity index (χ1n) is 12.0.